The van der Waals surface area contributed by atoms with Crippen molar-refractivity contribution in [2.24, 2.45) is 5.92 Å². The van der Waals surface area contributed by atoms with Crippen LogP contribution in [0, 0.1) is 24.2 Å². The molecule has 0 saturated heterocycles. The van der Waals surface area contributed by atoms with E-state index in [2.05, 4.69) is 29.1 Å². The number of aryl methyl sites for hydroxylation is 1. The number of hydrogen-bond donors (Lipinski definition) is 1. The molecule has 0 amide bonds. The van der Waals surface area contributed by atoms with Gasteiger partial charge in [-0.2, -0.15) is 5.26 Å². The lowest BCUT2D eigenvalue weighted by atomic mass is 10.0. The summed E-state index contributed by atoms with van der Waals surface area (Å²) < 4.78 is 0. The average molecular weight is 218 g/mol. The molecule has 1 heterocycles. The van der Waals surface area contributed by atoms with Gasteiger partial charge in [-0.15, -0.1) is 0 Å². The van der Waals surface area contributed by atoms with E-state index in [1.807, 2.05) is 13.0 Å². The van der Waals surface area contributed by atoms with Crippen LogP contribution in [-0.4, -0.2) is 16.5 Å². The Morgan fingerprint density at radius 3 is 2.62 bits per heavy atom. The van der Waals surface area contributed by atoms with Crippen molar-refractivity contribution in [2.45, 2.75) is 33.6 Å². The molecule has 1 aromatic rings. The summed E-state index contributed by atoms with van der Waals surface area (Å²) in [6.07, 6.45) is 2.28. The van der Waals surface area contributed by atoms with Crippen LogP contribution in [0.1, 0.15) is 38.1 Å². The molecule has 16 heavy (non-hydrogen) atoms. The van der Waals surface area contributed by atoms with Crippen LogP contribution < -0.4 is 5.32 Å². The summed E-state index contributed by atoms with van der Waals surface area (Å²) in [6.45, 7) is 7.08. The summed E-state index contributed by atoms with van der Waals surface area (Å²) in [5, 5.41) is 12.0. The van der Waals surface area contributed by atoms with Crippen molar-refractivity contribution in [1.82, 2.24) is 9.97 Å². The van der Waals surface area contributed by atoms with E-state index in [9.17, 15) is 0 Å². The van der Waals surface area contributed by atoms with Crippen molar-refractivity contribution in [3.8, 4) is 6.07 Å². The van der Waals surface area contributed by atoms with E-state index >= 15 is 0 Å². The Kier molecular flexibility index (Phi) is 4.71. The first-order valence-corrected chi connectivity index (χ1v) is 5.69. The van der Waals surface area contributed by atoms with Crippen LogP contribution in [0.15, 0.2) is 6.07 Å². The fraction of sp³-hybridized carbons (Fsp3) is 0.583. The van der Waals surface area contributed by atoms with Gasteiger partial charge >= 0.3 is 0 Å². The van der Waals surface area contributed by atoms with Crippen LogP contribution in [0.3, 0.4) is 0 Å². The molecule has 0 aliphatic heterocycles. The van der Waals surface area contributed by atoms with Gasteiger partial charge in [0.25, 0.3) is 0 Å². The van der Waals surface area contributed by atoms with E-state index in [1.165, 1.54) is 0 Å². The smallest absolute Gasteiger partial charge is 0.224 e. The molecule has 0 aromatic carbocycles. The molecule has 4 nitrogen and oxygen atoms in total. The Hall–Kier alpha value is -1.63. The molecule has 0 bridgehead atoms. The number of rotatable bonds is 5. The minimum atomic E-state index is 0.416. The number of aromatic nitrogens is 2. The van der Waals surface area contributed by atoms with Crippen LogP contribution >= 0.6 is 0 Å². The van der Waals surface area contributed by atoms with Gasteiger partial charge in [-0.25, -0.2) is 9.97 Å². The van der Waals surface area contributed by atoms with Gasteiger partial charge < -0.3 is 5.32 Å². The summed E-state index contributed by atoms with van der Waals surface area (Å²) >= 11 is 0. The highest BCUT2D eigenvalue weighted by atomic mass is 15.1. The number of nitriles is 1. The van der Waals surface area contributed by atoms with Crippen molar-refractivity contribution in [3.05, 3.63) is 17.5 Å². The molecule has 0 spiro atoms. The standard InChI is InChI=1S/C12H18N4/c1-4-10(5-2)8-14-12-15-9(3)6-11(7-13)16-12/h6,10H,4-5,8H2,1-3H3,(H,14,15,16). The predicted molar refractivity (Wildman–Crippen MR) is 64.0 cm³/mol. The molecule has 0 saturated carbocycles. The number of anilines is 1. The lowest BCUT2D eigenvalue weighted by Crippen LogP contribution is -2.15. The van der Waals surface area contributed by atoms with Gasteiger partial charge in [0.05, 0.1) is 0 Å². The van der Waals surface area contributed by atoms with E-state index in [4.69, 9.17) is 5.26 Å². The third-order valence-electron chi connectivity index (χ3n) is 2.67. The Balaban J connectivity index is 2.67. The lowest BCUT2D eigenvalue weighted by Gasteiger charge is -2.13. The second kappa shape index (κ2) is 6.06. The predicted octanol–water partition coefficient (Wildman–Crippen LogP) is 2.50. The molecule has 1 N–H and O–H groups in total. The Labute approximate surface area is 96.7 Å². The molecule has 0 atom stereocenters. The van der Waals surface area contributed by atoms with Crippen LogP contribution in [0.5, 0.6) is 0 Å². The molecule has 0 fully saturated rings. The molecular weight excluding hydrogens is 200 g/mol. The molecule has 4 heteroatoms. The summed E-state index contributed by atoms with van der Waals surface area (Å²) in [6, 6.07) is 3.72. The van der Waals surface area contributed by atoms with E-state index in [0.717, 1.165) is 25.1 Å². The second-order valence-electron chi connectivity index (χ2n) is 3.89. The summed E-state index contributed by atoms with van der Waals surface area (Å²) in [7, 11) is 0. The van der Waals surface area contributed by atoms with E-state index in [1.54, 1.807) is 6.07 Å². The van der Waals surface area contributed by atoms with Crippen LogP contribution in [0.2, 0.25) is 0 Å². The Morgan fingerprint density at radius 1 is 1.38 bits per heavy atom. The van der Waals surface area contributed by atoms with Gasteiger partial charge in [-0.1, -0.05) is 26.7 Å². The monoisotopic (exact) mass is 218 g/mol. The fourth-order valence-corrected chi connectivity index (χ4v) is 1.52. The first-order valence-electron chi connectivity index (χ1n) is 5.69. The van der Waals surface area contributed by atoms with Crippen molar-refractivity contribution in [3.63, 3.8) is 0 Å². The zero-order valence-electron chi connectivity index (χ0n) is 10.1. The largest absolute Gasteiger partial charge is 0.354 e. The number of nitrogens with one attached hydrogen (secondary N) is 1. The second-order valence-corrected chi connectivity index (χ2v) is 3.89. The van der Waals surface area contributed by atoms with Crippen molar-refractivity contribution in [1.29, 1.82) is 5.26 Å². The van der Waals surface area contributed by atoms with Crippen LogP contribution in [-0.2, 0) is 0 Å². The maximum absolute atomic E-state index is 8.79. The zero-order chi connectivity index (χ0) is 12.0. The van der Waals surface area contributed by atoms with Gasteiger partial charge in [0.2, 0.25) is 5.95 Å². The minimum Gasteiger partial charge on any atom is -0.354 e. The zero-order valence-corrected chi connectivity index (χ0v) is 10.1. The first-order chi connectivity index (χ1) is 7.69. The van der Waals surface area contributed by atoms with E-state index in [0.29, 0.717) is 17.6 Å². The van der Waals surface area contributed by atoms with Gasteiger partial charge in [0, 0.05) is 12.2 Å². The molecule has 86 valence electrons. The maximum Gasteiger partial charge on any atom is 0.224 e. The molecule has 0 unspecified atom stereocenters. The Bertz CT molecular complexity index is 377. The normalized spacial score (nSPS) is 10.2. The minimum absolute atomic E-state index is 0.416. The Morgan fingerprint density at radius 2 is 2.06 bits per heavy atom. The topological polar surface area (TPSA) is 61.6 Å². The lowest BCUT2D eigenvalue weighted by molar-refractivity contribution is 0.517. The molecular formula is C12H18N4. The van der Waals surface area contributed by atoms with Gasteiger partial charge in [0.15, 0.2) is 0 Å². The van der Waals surface area contributed by atoms with Gasteiger partial charge in [0.1, 0.15) is 11.8 Å². The number of hydrogen-bond acceptors (Lipinski definition) is 4. The summed E-state index contributed by atoms with van der Waals surface area (Å²) in [4.78, 5) is 8.36. The summed E-state index contributed by atoms with van der Waals surface area (Å²) in [5.74, 6) is 1.19. The third kappa shape index (κ3) is 3.50. The quantitative estimate of drug-likeness (QED) is 0.824. The van der Waals surface area contributed by atoms with E-state index < -0.39 is 0 Å². The van der Waals surface area contributed by atoms with Crippen LogP contribution in [0.4, 0.5) is 5.95 Å². The summed E-state index contributed by atoms with van der Waals surface area (Å²) in [5.41, 5.74) is 1.23. The van der Waals surface area contributed by atoms with Gasteiger partial charge in [-0.3, -0.25) is 0 Å². The maximum atomic E-state index is 8.79. The SMILES string of the molecule is CCC(CC)CNc1nc(C)cc(C#N)n1. The molecule has 1 aromatic heterocycles. The van der Waals surface area contributed by atoms with E-state index in [-0.39, 0.29) is 0 Å². The van der Waals surface area contributed by atoms with Crippen molar-refractivity contribution in [2.75, 3.05) is 11.9 Å². The number of nitrogens with zero attached hydrogens (tertiary/aromatic N) is 3. The van der Waals surface area contributed by atoms with Crippen LogP contribution in [0.25, 0.3) is 0 Å². The van der Waals surface area contributed by atoms with Crippen molar-refractivity contribution >= 4 is 5.95 Å². The molecule has 1 rings (SSSR count). The fourth-order valence-electron chi connectivity index (χ4n) is 1.52. The highest BCUT2D eigenvalue weighted by molar-refractivity contribution is 5.32. The first kappa shape index (κ1) is 12.4. The third-order valence-corrected chi connectivity index (χ3v) is 2.67. The van der Waals surface area contributed by atoms with Crippen molar-refractivity contribution < 1.29 is 0 Å². The molecule has 0 aliphatic rings. The average Bonchev–Trinajstić information content (AvgIpc) is 2.29. The highest BCUT2D eigenvalue weighted by Gasteiger charge is 2.05. The highest BCUT2D eigenvalue weighted by Crippen LogP contribution is 2.09. The van der Waals surface area contributed by atoms with Gasteiger partial charge in [-0.05, 0) is 18.9 Å². The molecule has 0 radical (unpaired) electrons. The molecule has 0 aliphatic carbocycles.